The topological polar surface area (TPSA) is 114 Å². The Morgan fingerprint density at radius 2 is 2.00 bits per heavy atom. The van der Waals surface area contributed by atoms with Gasteiger partial charge in [-0.2, -0.15) is 5.10 Å². The number of halogens is 1. The monoisotopic (exact) mass is 514 g/mol. The Balaban J connectivity index is 1.48. The molecule has 2 atom stereocenters. The Labute approximate surface area is 210 Å². The van der Waals surface area contributed by atoms with E-state index in [1.54, 1.807) is 9.42 Å². The maximum atomic E-state index is 14.7. The summed E-state index contributed by atoms with van der Waals surface area (Å²) in [6, 6.07) is 5.07. The van der Waals surface area contributed by atoms with Crippen molar-refractivity contribution in [2.24, 2.45) is 5.73 Å². The van der Waals surface area contributed by atoms with E-state index in [4.69, 9.17) is 15.8 Å². The lowest BCUT2D eigenvalue weighted by Gasteiger charge is -2.35. The SMILES string of the molecule is CCS(=O)(=O)c1ccc(F)c(C(=O)N2CCCCC2c2cc3nc(N4CCC(N)C4)c(C)cn3n2)c1. The lowest BCUT2D eigenvalue weighted by atomic mass is 9.98. The van der Waals surface area contributed by atoms with Crippen LogP contribution in [0.2, 0.25) is 0 Å². The highest BCUT2D eigenvalue weighted by atomic mass is 32.2. The van der Waals surface area contributed by atoms with Crippen LogP contribution in [0.1, 0.15) is 60.3 Å². The molecule has 11 heteroatoms. The molecule has 4 heterocycles. The molecule has 192 valence electrons. The standard InChI is InChI=1S/C25H31FN6O3S/c1-3-36(34,35)18-7-8-20(26)19(12-18)25(33)31-10-5-4-6-22(31)21-13-23-28-24(16(2)14-32(23)29-21)30-11-9-17(27)15-30/h7-8,12-14,17,22H,3-6,9-11,15,27H2,1-2H3. The molecule has 2 aliphatic heterocycles. The third kappa shape index (κ3) is 4.45. The van der Waals surface area contributed by atoms with E-state index in [0.717, 1.165) is 55.9 Å². The van der Waals surface area contributed by atoms with Gasteiger partial charge in [-0.3, -0.25) is 4.79 Å². The highest BCUT2D eigenvalue weighted by molar-refractivity contribution is 7.91. The number of hydrogen-bond donors (Lipinski definition) is 1. The smallest absolute Gasteiger partial charge is 0.257 e. The van der Waals surface area contributed by atoms with Gasteiger partial charge in [0.15, 0.2) is 15.5 Å². The number of nitrogens with zero attached hydrogens (tertiary/aromatic N) is 5. The Morgan fingerprint density at radius 3 is 2.72 bits per heavy atom. The van der Waals surface area contributed by atoms with Gasteiger partial charge in [-0.25, -0.2) is 22.3 Å². The molecule has 2 unspecified atom stereocenters. The van der Waals surface area contributed by atoms with Gasteiger partial charge in [-0.1, -0.05) is 6.92 Å². The van der Waals surface area contributed by atoms with Crippen LogP contribution in [0.15, 0.2) is 35.4 Å². The Morgan fingerprint density at radius 1 is 1.19 bits per heavy atom. The van der Waals surface area contributed by atoms with Crippen molar-refractivity contribution in [1.82, 2.24) is 19.5 Å². The minimum atomic E-state index is -3.58. The summed E-state index contributed by atoms with van der Waals surface area (Å²) < 4.78 is 41.1. The van der Waals surface area contributed by atoms with E-state index < -0.39 is 21.6 Å². The normalized spacial score (nSPS) is 20.9. The van der Waals surface area contributed by atoms with E-state index in [1.165, 1.54) is 13.0 Å². The summed E-state index contributed by atoms with van der Waals surface area (Å²) in [5.41, 5.74) is 8.19. The quantitative estimate of drug-likeness (QED) is 0.521. The third-order valence-electron chi connectivity index (χ3n) is 7.16. The lowest BCUT2D eigenvalue weighted by molar-refractivity contribution is 0.0600. The van der Waals surface area contributed by atoms with Gasteiger partial charge in [-0.05, 0) is 50.8 Å². The van der Waals surface area contributed by atoms with Gasteiger partial charge in [0.05, 0.1) is 27.9 Å². The summed E-state index contributed by atoms with van der Waals surface area (Å²) in [4.78, 5) is 22.1. The van der Waals surface area contributed by atoms with Gasteiger partial charge >= 0.3 is 0 Å². The van der Waals surface area contributed by atoms with Gasteiger partial charge in [0.2, 0.25) is 0 Å². The number of piperidine rings is 1. The number of sulfone groups is 1. The first-order chi connectivity index (χ1) is 17.2. The van der Waals surface area contributed by atoms with E-state index in [-0.39, 0.29) is 28.3 Å². The van der Waals surface area contributed by atoms with E-state index in [9.17, 15) is 17.6 Å². The fourth-order valence-corrected chi connectivity index (χ4v) is 6.05. The second-order valence-electron chi connectivity index (χ2n) is 9.67. The molecule has 2 fully saturated rings. The molecule has 2 N–H and O–H groups in total. The number of aromatic nitrogens is 3. The molecular formula is C25H31FN6O3S. The minimum Gasteiger partial charge on any atom is -0.355 e. The van der Waals surface area contributed by atoms with Gasteiger partial charge in [-0.15, -0.1) is 0 Å². The molecule has 5 rings (SSSR count). The summed E-state index contributed by atoms with van der Waals surface area (Å²) >= 11 is 0. The van der Waals surface area contributed by atoms with Crippen molar-refractivity contribution in [2.45, 2.75) is 56.5 Å². The number of likely N-dealkylation sites (tertiary alicyclic amines) is 1. The predicted octanol–water partition coefficient (Wildman–Crippen LogP) is 2.88. The predicted molar refractivity (Wildman–Crippen MR) is 134 cm³/mol. The van der Waals surface area contributed by atoms with Crippen LogP contribution in [0.3, 0.4) is 0 Å². The molecule has 1 amide bonds. The zero-order valence-electron chi connectivity index (χ0n) is 20.5. The maximum absolute atomic E-state index is 14.7. The van der Waals surface area contributed by atoms with Crippen molar-refractivity contribution in [3.63, 3.8) is 0 Å². The Bertz CT molecular complexity index is 1420. The van der Waals surface area contributed by atoms with Crippen molar-refractivity contribution in [2.75, 3.05) is 30.3 Å². The Kier molecular flexibility index (Phi) is 6.46. The van der Waals surface area contributed by atoms with Crippen LogP contribution in [0, 0.1) is 12.7 Å². The van der Waals surface area contributed by atoms with Crippen molar-refractivity contribution < 1.29 is 17.6 Å². The molecule has 0 bridgehead atoms. The first kappa shape index (κ1) is 24.6. The molecule has 0 radical (unpaired) electrons. The van der Waals surface area contributed by atoms with E-state index in [1.807, 2.05) is 19.2 Å². The highest BCUT2D eigenvalue weighted by Crippen LogP contribution is 2.33. The van der Waals surface area contributed by atoms with Crippen LogP contribution in [0.25, 0.3) is 5.65 Å². The molecule has 9 nitrogen and oxygen atoms in total. The van der Waals surface area contributed by atoms with E-state index in [2.05, 4.69) is 4.90 Å². The van der Waals surface area contributed by atoms with Crippen molar-refractivity contribution in [3.05, 3.63) is 53.1 Å². The zero-order valence-corrected chi connectivity index (χ0v) is 21.3. The fraction of sp³-hybridized carbons (Fsp3) is 0.480. The molecule has 0 saturated carbocycles. The second kappa shape index (κ2) is 9.44. The van der Waals surface area contributed by atoms with Gasteiger partial charge in [0.1, 0.15) is 11.6 Å². The maximum Gasteiger partial charge on any atom is 0.257 e. The van der Waals surface area contributed by atoms with Crippen LogP contribution < -0.4 is 10.6 Å². The van der Waals surface area contributed by atoms with Crippen LogP contribution in [-0.4, -0.2) is 65.3 Å². The number of carbonyl (C=O) groups excluding carboxylic acids is 1. The number of anilines is 1. The summed E-state index contributed by atoms with van der Waals surface area (Å²) in [7, 11) is -3.58. The van der Waals surface area contributed by atoms with Crippen LogP contribution in [-0.2, 0) is 9.84 Å². The largest absolute Gasteiger partial charge is 0.355 e. The van der Waals surface area contributed by atoms with Crippen LogP contribution >= 0.6 is 0 Å². The fourth-order valence-electron chi connectivity index (χ4n) is 5.15. The van der Waals surface area contributed by atoms with Crippen molar-refractivity contribution >= 4 is 27.2 Å². The summed E-state index contributed by atoms with van der Waals surface area (Å²) in [5, 5.41) is 4.73. The number of hydrogen-bond acceptors (Lipinski definition) is 7. The number of nitrogens with two attached hydrogens (primary N) is 1. The number of fused-ring (bicyclic) bond motifs is 1. The van der Waals surface area contributed by atoms with Crippen molar-refractivity contribution in [3.8, 4) is 0 Å². The third-order valence-corrected chi connectivity index (χ3v) is 8.89. The lowest BCUT2D eigenvalue weighted by Crippen LogP contribution is -2.39. The number of benzene rings is 1. The molecule has 36 heavy (non-hydrogen) atoms. The number of amides is 1. The van der Waals surface area contributed by atoms with Gasteiger partial charge in [0, 0.05) is 43.5 Å². The van der Waals surface area contributed by atoms with E-state index in [0.29, 0.717) is 24.3 Å². The number of rotatable bonds is 5. The van der Waals surface area contributed by atoms with Crippen LogP contribution in [0.4, 0.5) is 10.2 Å². The summed E-state index contributed by atoms with van der Waals surface area (Å²) in [6.45, 7) is 5.56. The Hall–Kier alpha value is -3.05. The van der Waals surface area contributed by atoms with Gasteiger partial charge in [0.25, 0.3) is 5.91 Å². The van der Waals surface area contributed by atoms with Gasteiger partial charge < -0.3 is 15.5 Å². The minimum absolute atomic E-state index is 0.0510. The van der Waals surface area contributed by atoms with Crippen molar-refractivity contribution in [1.29, 1.82) is 0 Å². The average Bonchev–Trinajstić information content (AvgIpc) is 3.48. The average molecular weight is 515 g/mol. The summed E-state index contributed by atoms with van der Waals surface area (Å²) in [5.74, 6) is -0.509. The van der Waals surface area contributed by atoms with Crippen LogP contribution in [0.5, 0.6) is 0 Å². The molecule has 2 aromatic heterocycles. The molecule has 1 aromatic carbocycles. The molecule has 2 saturated heterocycles. The second-order valence-corrected chi connectivity index (χ2v) is 11.9. The molecule has 0 spiro atoms. The number of aryl methyl sites for hydroxylation is 1. The summed E-state index contributed by atoms with van der Waals surface area (Å²) in [6.07, 6.45) is 5.21. The zero-order chi connectivity index (χ0) is 25.6. The van der Waals surface area contributed by atoms with E-state index >= 15 is 0 Å². The molecule has 2 aliphatic rings. The highest BCUT2D eigenvalue weighted by Gasteiger charge is 2.33. The first-order valence-corrected chi connectivity index (χ1v) is 14.0. The number of carbonyl (C=O) groups is 1. The molecular weight excluding hydrogens is 483 g/mol. The molecule has 0 aliphatic carbocycles. The first-order valence-electron chi connectivity index (χ1n) is 12.4. The molecule has 3 aromatic rings.